The topological polar surface area (TPSA) is 30.7 Å². The summed E-state index contributed by atoms with van der Waals surface area (Å²) in [6.45, 7) is 9.62. The predicted molar refractivity (Wildman–Crippen MR) is 53.6 cm³/mol. The molecule has 0 aromatic carbocycles. The Morgan fingerprint density at radius 2 is 2.08 bits per heavy atom. The van der Waals surface area contributed by atoms with Crippen LogP contribution < -0.4 is 0 Å². The minimum atomic E-state index is 0.169. The molecule has 1 rings (SSSR count). The maximum Gasteiger partial charge on any atom is 0.0883 e. The lowest BCUT2D eigenvalue weighted by molar-refractivity contribution is 0.458. The van der Waals surface area contributed by atoms with Crippen molar-refractivity contribution in [2.45, 2.75) is 52.5 Å². The van der Waals surface area contributed by atoms with Crippen molar-refractivity contribution in [2.24, 2.45) is 0 Å². The summed E-state index contributed by atoms with van der Waals surface area (Å²) in [7, 11) is 0. The first-order chi connectivity index (χ1) is 6.10. The molecule has 74 valence electrons. The van der Waals surface area contributed by atoms with Gasteiger partial charge in [0.25, 0.3) is 0 Å². The van der Waals surface area contributed by atoms with Crippen molar-refractivity contribution in [1.82, 2.24) is 15.0 Å². The second-order valence-corrected chi connectivity index (χ2v) is 4.09. The fourth-order valence-electron chi connectivity index (χ4n) is 1.52. The fourth-order valence-corrected chi connectivity index (χ4v) is 1.52. The summed E-state index contributed by atoms with van der Waals surface area (Å²) in [4.78, 5) is 0. The highest BCUT2D eigenvalue weighted by atomic mass is 15.4. The molecule has 0 saturated carbocycles. The lowest BCUT2D eigenvalue weighted by Crippen LogP contribution is -2.17. The Balaban J connectivity index is 2.80. The molecule has 13 heavy (non-hydrogen) atoms. The molecule has 1 aromatic heterocycles. The zero-order valence-corrected chi connectivity index (χ0v) is 9.04. The van der Waals surface area contributed by atoms with E-state index in [1.165, 1.54) is 6.42 Å². The molecule has 0 spiro atoms. The molecule has 0 amide bonds. The van der Waals surface area contributed by atoms with Gasteiger partial charge in [0.1, 0.15) is 0 Å². The molecule has 0 aliphatic rings. The largest absolute Gasteiger partial charge is 0.253 e. The lowest BCUT2D eigenvalue weighted by atomic mass is 9.85. The Morgan fingerprint density at radius 1 is 1.38 bits per heavy atom. The van der Waals surface area contributed by atoms with Crippen LogP contribution in [0.15, 0.2) is 6.20 Å². The smallest absolute Gasteiger partial charge is 0.0883 e. The van der Waals surface area contributed by atoms with E-state index in [1.807, 2.05) is 4.68 Å². The van der Waals surface area contributed by atoms with Gasteiger partial charge in [-0.2, -0.15) is 0 Å². The number of aryl methyl sites for hydroxylation is 1. The van der Waals surface area contributed by atoms with Crippen molar-refractivity contribution in [2.75, 3.05) is 0 Å². The second kappa shape index (κ2) is 3.90. The highest BCUT2D eigenvalue weighted by Gasteiger charge is 2.22. The van der Waals surface area contributed by atoms with Crippen LogP contribution in [0.25, 0.3) is 0 Å². The zero-order valence-electron chi connectivity index (χ0n) is 9.04. The standard InChI is InChI=1S/C10H19N3/c1-5-7-10(3,4)9-8-13(6-2)12-11-9/h8H,5-7H2,1-4H3. The van der Waals surface area contributed by atoms with Gasteiger partial charge in [-0.3, -0.25) is 4.68 Å². The molecule has 1 aromatic rings. The third-order valence-electron chi connectivity index (χ3n) is 2.43. The van der Waals surface area contributed by atoms with E-state index in [9.17, 15) is 0 Å². The van der Waals surface area contributed by atoms with Crippen LogP contribution in [0.2, 0.25) is 0 Å². The molecular weight excluding hydrogens is 162 g/mol. The van der Waals surface area contributed by atoms with E-state index < -0.39 is 0 Å². The summed E-state index contributed by atoms with van der Waals surface area (Å²) in [6, 6.07) is 0. The molecule has 3 heteroatoms. The Morgan fingerprint density at radius 3 is 2.54 bits per heavy atom. The van der Waals surface area contributed by atoms with Crippen LogP contribution in [-0.2, 0) is 12.0 Å². The van der Waals surface area contributed by atoms with Gasteiger partial charge in [0.15, 0.2) is 0 Å². The molecule has 0 atom stereocenters. The maximum absolute atomic E-state index is 4.19. The number of aromatic nitrogens is 3. The van der Waals surface area contributed by atoms with Gasteiger partial charge in [-0.25, -0.2) is 0 Å². The summed E-state index contributed by atoms with van der Waals surface area (Å²) < 4.78 is 1.88. The number of rotatable bonds is 4. The minimum absolute atomic E-state index is 0.169. The number of hydrogen-bond donors (Lipinski definition) is 0. The summed E-state index contributed by atoms with van der Waals surface area (Å²) in [5, 5.41) is 8.24. The van der Waals surface area contributed by atoms with Crippen molar-refractivity contribution >= 4 is 0 Å². The monoisotopic (exact) mass is 181 g/mol. The first kappa shape index (κ1) is 10.2. The van der Waals surface area contributed by atoms with E-state index in [1.54, 1.807) is 0 Å². The quantitative estimate of drug-likeness (QED) is 0.714. The fraction of sp³-hybridized carbons (Fsp3) is 0.800. The maximum atomic E-state index is 4.19. The zero-order chi connectivity index (χ0) is 9.90. The second-order valence-electron chi connectivity index (χ2n) is 4.09. The molecule has 1 heterocycles. The summed E-state index contributed by atoms with van der Waals surface area (Å²) in [5.74, 6) is 0. The van der Waals surface area contributed by atoms with Crippen molar-refractivity contribution in [3.63, 3.8) is 0 Å². The molecule has 0 saturated heterocycles. The summed E-state index contributed by atoms with van der Waals surface area (Å²) >= 11 is 0. The van der Waals surface area contributed by atoms with Crippen molar-refractivity contribution < 1.29 is 0 Å². The van der Waals surface area contributed by atoms with Crippen molar-refractivity contribution in [1.29, 1.82) is 0 Å². The van der Waals surface area contributed by atoms with E-state index in [0.717, 1.165) is 18.7 Å². The van der Waals surface area contributed by atoms with Gasteiger partial charge >= 0.3 is 0 Å². The van der Waals surface area contributed by atoms with Gasteiger partial charge in [0, 0.05) is 18.2 Å². The van der Waals surface area contributed by atoms with Gasteiger partial charge in [-0.1, -0.05) is 32.4 Å². The van der Waals surface area contributed by atoms with E-state index in [0.29, 0.717) is 0 Å². The Hall–Kier alpha value is -0.860. The first-order valence-electron chi connectivity index (χ1n) is 5.00. The Bertz CT molecular complexity index is 263. The summed E-state index contributed by atoms with van der Waals surface area (Å²) in [5.41, 5.74) is 1.28. The molecule has 3 nitrogen and oxygen atoms in total. The minimum Gasteiger partial charge on any atom is -0.253 e. The molecule has 0 N–H and O–H groups in total. The van der Waals surface area contributed by atoms with Gasteiger partial charge in [-0.05, 0) is 13.3 Å². The van der Waals surface area contributed by atoms with Crippen LogP contribution in [0.3, 0.4) is 0 Å². The molecule has 0 unspecified atom stereocenters. The van der Waals surface area contributed by atoms with E-state index in [2.05, 4.69) is 44.2 Å². The van der Waals surface area contributed by atoms with Crippen LogP contribution in [0, 0.1) is 0 Å². The number of hydrogen-bond acceptors (Lipinski definition) is 2. The first-order valence-corrected chi connectivity index (χ1v) is 5.00. The molecule has 0 fully saturated rings. The van der Waals surface area contributed by atoms with Crippen LogP contribution in [0.5, 0.6) is 0 Å². The highest BCUT2D eigenvalue weighted by Crippen LogP contribution is 2.25. The molecular formula is C10H19N3. The van der Waals surface area contributed by atoms with Crippen molar-refractivity contribution in [3.05, 3.63) is 11.9 Å². The van der Waals surface area contributed by atoms with E-state index >= 15 is 0 Å². The van der Waals surface area contributed by atoms with Crippen molar-refractivity contribution in [3.8, 4) is 0 Å². The molecule has 0 aliphatic heterocycles. The highest BCUT2D eigenvalue weighted by molar-refractivity contribution is 5.08. The average molecular weight is 181 g/mol. The summed E-state index contributed by atoms with van der Waals surface area (Å²) in [6.07, 6.45) is 4.40. The van der Waals surface area contributed by atoms with Crippen LogP contribution in [0.4, 0.5) is 0 Å². The average Bonchev–Trinajstić information content (AvgIpc) is 2.52. The van der Waals surface area contributed by atoms with Crippen LogP contribution in [-0.4, -0.2) is 15.0 Å². The molecule has 0 bridgehead atoms. The SMILES string of the molecule is CCCC(C)(C)c1cn(CC)nn1. The Labute approximate surface area is 80.1 Å². The Kier molecular flexibility index (Phi) is 3.07. The van der Waals surface area contributed by atoms with Gasteiger partial charge < -0.3 is 0 Å². The van der Waals surface area contributed by atoms with Gasteiger partial charge in [-0.15, -0.1) is 5.10 Å². The molecule has 0 aliphatic carbocycles. The van der Waals surface area contributed by atoms with E-state index in [-0.39, 0.29) is 5.41 Å². The normalized spacial score (nSPS) is 12.0. The van der Waals surface area contributed by atoms with E-state index in [4.69, 9.17) is 0 Å². The van der Waals surface area contributed by atoms with Gasteiger partial charge in [0.2, 0.25) is 0 Å². The number of nitrogens with zero attached hydrogens (tertiary/aromatic N) is 3. The van der Waals surface area contributed by atoms with Gasteiger partial charge in [0.05, 0.1) is 5.69 Å². The third kappa shape index (κ3) is 2.29. The lowest BCUT2D eigenvalue weighted by Gasteiger charge is -2.20. The van der Waals surface area contributed by atoms with Crippen LogP contribution in [0.1, 0.15) is 46.2 Å². The van der Waals surface area contributed by atoms with Crippen LogP contribution >= 0.6 is 0 Å². The molecule has 0 radical (unpaired) electrons. The third-order valence-corrected chi connectivity index (χ3v) is 2.43. The predicted octanol–water partition coefficient (Wildman–Crippen LogP) is 2.38.